The lowest BCUT2D eigenvalue weighted by atomic mass is 10.1. The van der Waals surface area contributed by atoms with Gasteiger partial charge in [-0.05, 0) is 52.8 Å². The second-order valence-corrected chi connectivity index (χ2v) is 5.13. The molecule has 1 heterocycles. The molecule has 21 heavy (non-hydrogen) atoms. The molecular weight excluding hydrogens is 278 g/mol. The van der Waals surface area contributed by atoms with Crippen molar-refractivity contribution in [3.8, 4) is 0 Å². The number of thiocarbonyl (C=S) groups is 1. The van der Waals surface area contributed by atoms with Crippen molar-refractivity contribution in [3.63, 3.8) is 0 Å². The predicted octanol–water partition coefficient (Wildman–Crippen LogP) is 3.72. The summed E-state index contributed by atoms with van der Waals surface area (Å²) < 4.78 is 0. The van der Waals surface area contributed by atoms with E-state index in [1.807, 2.05) is 30.3 Å². The smallest absolute Gasteiger partial charge is 0.171 e. The average Bonchev–Trinajstić information content (AvgIpc) is 2.54. The van der Waals surface area contributed by atoms with E-state index in [0.717, 1.165) is 11.3 Å². The molecule has 0 atom stereocenters. The molecule has 0 saturated carbocycles. The van der Waals surface area contributed by atoms with E-state index in [-0.39, 0.29) is 0 Å². The highest BCUT2D eigenvalue weighted by Gasteiger charge is 1.99. The van der Waals surface area contributed by atoms with E-state index >= 15 is 0 Å². The van der Waals surface area contributed by atoms with Gasteiger partial charge in [-0.15, -0.1) is 0 Å². The van der Waals surface area contributed by atoms with Gasteiger partial charge in [0.25, 0.3) is 0 Å². The Balaban J connectivity index is 1.63. The second kappa shape index (κ2) is 6.33. The lowest BCUT2D eigenvalue weighted by Crippen LogP contribution is -2.27. The van der Waals surface area contributed by atoms with Crippen LogP contribution in [-0.4, -0.2) is 10.1 Å². The molecule has 0 aliphatic heterocycles. The lowest BCUT2D eigenvalue weighted by Gasteiger charge is -2.11. The Bertz CT molecular complexity index is 756. The summed E-state index contributed by atoms with van der Waals surface area (Å²) in [6, 6.07) is 18.4. The molecule has 0 saturated heterocycles. The van der Waals surface area contributed by atoms with Crippen LogP contribution in [-0.2, 0) is 6.54 Å². The summed E-state index contributed by atoms with van der Waals surface area (Å²) >= 11 is 5.32. The van der Waals surface area contributed by atoms with Crippen LogP contribution in [0.4, 0.5) is 5.69 Å². The van der Waals surface area contributed by atoms with E-state index in [2.05, 4.69) is 39.9 Å². The summed E-state index contributed by atoms with van der Waals surface area (Å²) in [6.45, 7) is 0.682. The fourth-order valence-corrected chi connectivity index (χ4v) is 2.32. The molecule has 4 heteroatoms. The van der Waals surface area contributed by atoms with Gasteiger partial charge in [0.1, 0.15) is 0 Å². The van der Waals surface area contributed by atoms with Gasteiger partial charge in [0.05, 0.1) is 0 Å². The van der Waals surface area contributed by atoms with Gasteiger partial charge in [-0.25, -0.2) is 0 Å². The summed E-state index contributed by atoms with van der Waals surface area (Å²) in [5.74, 6) is 0. The molecule has 2 N–H and O–H groups in total. The van der Waals surface area contributed by atoms with Crippen molar-refractivity contribution in [2.75, 3.05) is 5.32 Å². The number of nitrogens with zero attached hydrogens (tertiary/aromatic N) is 1. The summed E-state index contributed by atoms with van der Waals surface area (Å²) in [5, 5.41) is 9.43. The summed E-state index contributed by atoms with van der Waals surface area (Å²) in [7, 11) is 0. The van der Waals surface area contributed by atoms with E-state index in [1.165, 1.54) is 10.8 Å². The van der Waals surface area contributed by atoms with Crippen molar-refractivity contribution in [2.24, 2.45) is 0 Å². The number of hydrogen-bond acceptors (Lipinski definition) is 2. The van der Waals surface area contributed by atoms with Crippen LogP contribution in [0.3, 0.4) is 0 Å². The molecule has 104 valence electrons. The standard InChI is InChI=1S/C17H15N3S/c21-17(19-12-13-7-9-18-10-8-13)20-16-6-5-14-3-1-2-4-15(14)11-16/h1-11H,12H2,(H2,19,20,21). The van der Waals surface area contributed by atoms with Crippen molar-refractivity contribution < 1.29 is 0 Å². The number of benzene rings is 2. The first-order chi connectivity index (χ1) is 10.3. The maximum Gasteiger partial charge on any atom is 0.171 e. The Hall–Kier alpha value is -2.46. The molecule has 3 nitrogen and oxygen atoms in total. The quantitative estimate of drug-likeness (QED) is 0.722. The SMILES string of the molecule is S=C(NCc1ccncc1)Nc1ccc2ccccc2c1. The third kappa shape index (κ3) is 3.55. The molecule has 0 amide bonds. The van der Waals surface area contributed by atoms with Gasteiger partial charge in [0, 0.05) is 24.6 Å². The van der Waals surface area contributed by atoms with E-state index in [9.17, 15) is 0 Å². The fraction of sp³-hybridized carbons (Fsp3) is 0.0588. The largest absolute Gasteiger partial charge is 0.358 e. The zero-order valence-electron chi connectivity index (χ0n) is 11.4. The predicted molar refractivity (Wildman–Crippen MR) is 91.2 cm³/mol. The third-order valence-electron chi connectivity index (χ3n) is 3.21. The molecule has 0 bridgehead atoms. The molecule has 0 radical (unpaired) electrons. The van der Waals surface area contributed by atoms with Gasteiger partial charge in [-0.1, -0.05) is 30.3 Å². The van der Waals surface area contributed by atoms with E-state index in [0.29, 0.717) is 11.7 Å². The van der Waals surface area contributed by atoms with E-state index < -0.39 is 0 Å². The highest BCUT2D eigenvalue weighted by Crippen LogP contribution is 2.18. The normalized spacial score (nSPS) is 10.3. The molecule has 0 spiro atoms. The maximum absolute atomic E-state index is 5.32. The van der Waals surface area contributed by atoms with Crippen molar-refractivity contribution in [3.05, 3.63) is 72.6 Å². The van der Waals surface area contributed by atoms with Gasteiger partial charge < -0.3 is 10.6 Å². The van der Waals surface area contributed by atoms with Crippen LogP contribution in [0.25, 0.3) is 10.8 Å². The van der Waals surface area contributed by atoms with Crippen LogP contribution in [0.15, 0.2) is 67.0 Å². The van der Waals surface area contributed by atoms with E-state index in [1.54, 1.807) is 12.4 Å². The highest BCUT2D eigenvalue weighted by atomic mass is 32.1. The lowest BCUT2D eigenvalue weighted by molar-refractivity contribution is 0.921. The number of fused-ring (bicyclic) bond motifs is 1. The number of rotatable bonds is 3. The molecular formula is C17H15N3S. The highest BCUT2D eigenvalue weighted by molar-refractivity contribution is 7.80. The van der Waals surface area contributed by atoms with Crippen LogP contribution in [0.5, 0.6) is 0 Å². The zero-order chi connectivity index (χ0) is 14.5. The first kappa shape index (κ1) is 13.5. The number of anilines is 1. The zero-order valence-corrected chi connectivity index (χ0v) is 12.2. The molecule has 3 aromatic rings. The minimum Gasteiger partial charge on any atom is -0.358 e. The summed E-state index contributed by atoms with van der Waals surface area (Å²) in [5.41, 5.74) is 2.13. The van der Waals surface area contributed by atoms with Crippen molar-refractivity contribution in [1.82, 2.24) is 10.3 Å². The number of pyridine rings is 1. The van der Waals surface area contributed by atoms with Crippen LogP contribution in [0, 0.1) is 0 Å². The van der Waals surface area contributed by atoms with Gasteiger partial charge in [0.2, 0.25) is 0 Å². The van der Waals surface area contributed by atoms with E-state index in [4.69, 9.17) is 12.2 Å². The molecule has 3 rings (SSSR count). The molecule has 0 fully saturated rings. The Morgan fingerprint density at radius 2 is 1.71 bits per heavy atom. The van der Waals surface area contributed by atoms with Gasteiger partial charge in [0.15, 0.2) is 5.11 Å². The third-order valence-corrected chi connectivity index (χ3v) is 3.46. The Morgan fingerprint density at radius 1 is 0.952 bits per heavy atom. The molecule has 0 aliphatic carbocycles. The van der Waals surface area contributed by atoms with Crippen molar-refractivity contribution in [2.45, 2.75) is 6.54 Å². The monoisotopic (exact) mass is 293 g/mol. The summed E-state index contributed by atoms with van der Waals surface area (Å²) in [6.07, 6.45) is 3.55. The molecule has 1 aromatic heterocycles. The minimum atomic E-state index is 0.613. The van der Waals surface area contributed by atoms with Gasteiger partial charge >= 0.3 is 0 Å². The van der Waals surface area contributed by atoms with Crippen molar-refractivity contribution >= 4 is 33.8 Å². The van der Waals surface area contributed by atoms with Crippen molar-refractivity contribution in [1.29, 1.82) is 0 Å². The van der Waals surface area contributed by atoms with Crippen LogP contribution >= 0.6 is 12.2 Å². The number of hydrogen-bond donors (Lipinski definition) is 2. The number of nitrogens with one attached hydrogen (secondary N) is 2. The molecule has 0 unspecified atom stereocenters. The van der Waals surface area contributed by atoms with Gasteiger partial charge in [-0.3, -0.25) is 4.98 Å². The van der Waals surface area contributed by atoms with Crippen LogP contribution < -0.4 is 10.6 Å². The fourth-order valence-electron chi connectivity index (χ4n) is 2.13. The molecule has 2 aromatic carbocycles. The minimum absolute atomic E-state index is 0.613. The van der Waals surface area contributed by atoms with Crippen LogP contribution in [0.1, 0.15) is 5.56 Å². The first-order valence-electron chi connectivity index (χ1n) is 6.74. The van der Waals surface area contributed by atoms with Gasteiger partial charge in [-0.2, -0.15) is 0 Å². The maximum atomic E-state index is 5.32. The second-order valence-electron chi connectivity index (χ2n) is 4.73. The molecule has 0 aliphatic rings. The average molecular weight is 293 g/mol. The number of aromatic nitrogens is 1. The Kier molecular flexibility index (Phi) is 4.07. The van der Waals surface area contributed by atoms with Crippen LogP contribution in [0.2, 0.25) is 0 Å². The first-order valence-corrected chi connectivity index (χ1v) is 7.15. The topological polar surface area (TPSA) is 37.0 Å². The Labute approximate surface area is 129 Å². The summed E-state index contributed by atoms with van der Waals surface area (Å²) in [4.78, 5) is 3.99. The Morgan fingerprint density at radius 3 is 2.52 bits per heavy atom.